The van der Waals surface area contributed by atoms with E-state index in [0.29, 0.717) is 24.3 Å². The summed E-state index contributed by atoms with van der Waals surface area (Å²) in [5.74, 6) is 2.74. The summed E-state index contributed by atoms with van der Waals surface area (Å²) < 4.78 is 11.4. The molecule has 156 valence electrons. The first-order chi connectivity index (χ1) is 13.5. The molecule has 3 unspecified atom stereocenters. The van der Waals surface area contributed by atoms with Crippen molar-refractivity contribution in [2.75, 3.05) is 37.8 Å². The largest absolute Gasteiger partial charge is 0.378 e. The van der Waals surface area contributed by atoms with E-state index in [-0.39, 0.29) is 18.6 Å². The molecular formula is C22H35N3O3. The van der Waals surface area contributed by atoms with Gasteiger partial charge in [0, 0.05) is 25.8 Å². The van der Waals surface area contributed by atoms with E-state index in [4.69, 9.17) is 9.47 Å². The van der Waals surface area contributed by atoms with E-state index in [1.165, 1.54) is 12.8 Å². The fraction of sp³-hybridized carbons (Fsp3) is 0.727. The van der Waals surface area contributed by atoms with E-state index in [1.54, 1.807) is 0 Å². The van der Waals surface area contributed by atoms with E-state index >= 15 is 0 Å². The number of aromatic nitrogens is 1. The monoisotopic (exact) mass is 389 g/mol. The van der Waals surface area contributed by atoms with Crippen LogP contribution in [0.5, 0.6) is 0 Å². The molecule has 1 saturated heterocycles. The zero-order valence-electron chi connectivity index (χ0n) is 17.5. The molecule has 6 nitrogen and oxygen atoms in total. The van der Waals surface area contributed by atoms with E-state index in [2.05, 4.69) is 36.0 Å². The van der Waals surface area contributed by atoms with Gasteiger partial charge in [-0.05, 0) is 42.2 Å². The molecule has 0 aromatic carbocycles. The quantitative estimate of drug-likeness (QED) is 0.777. The van der Waals surface area contributed by atoms with Gasteiger partial charge in [0.05, 0.1) is 19.3 Å². The fourth-order valence-corrected chi connectivity index (χ4v) is 4.24. The minimum atomic E-state index is -0.0574. The average molecular weight is 390 g/mol. The highest BCUT2D eigenvalue weighted by Crippen LogP contribution is 2.35. The molecule has 1 aliphatic heterocycles. The number of anilines is 1. The maximum Gasteiger partial charge on any atom is 0.246 e. The Kier molecular flexibility index (Phi) is 7.68. The summed E-state index contributed by atoms with van der Waals surface area (Å²) >= 11 is 0. The lowest BCUT2D eigenvalue weighted by molar-refractivity contribution is -0.131. The SMILES string of the molecule is CC1CCC(C(C)C)C(OCC(=O)NCc2ccc(N3CCOCC3)nc2)C1. The van der Waals surface area contributed by atoms with Crippen molar-refractivity contribution in [1.29, 1.82) is 0 Å². The van der Waals surface area contributed by atoms with Crippen LogP contribution in [0.15, 0.2) is 18.3 Å². The number of nitrogens with zero attached hydrogens (tertiary/aromatic N) is 2. The van der Waals surface area contributed by atoms with Gasteiger partial charge in [0.15, 0.2) is 0 Å². The summed E-state index contributed by atoms with van der Waals surface area (Å²) in [5.41, 5.74) is 0.997. The Hall–Kier alpha value is -1.66. The fourth-order valence-electron chi connectivity index (χ4n) is 4.24. The summed E-state index contributed by atoms with van der Waals surface area (Å²) in [6.45, 7) is 10.6. The van der Waals surface area contributed by atoms with Crippen molar-refractivity contribution >= 4 is 11.7 Å². The van der Waals surface area contributed by atoms with Crippen LogP contribution in [0.3, 0.4) is 0 Å². The molecule has 0 bridgehead atoms. The Morgan fingerprint density at radius 1 is 1.32 bits per heavy atom. The molecular weight excluding hydrogens is 354 g/mol. The van der Waals surface area contributed by atoms with Crippen molar-refractivity contribution in [1.82, 2.24) is 10.3 Å². The highest BCUT2D eigenvalue weighted by molar-refractivity contribution is 5.77. The van der Waals surface area contributed by atoms with Crippen molar-refractivity contribution in [3.05, 3.63) is 23.9 Å². The third-order valence-electron chi connectivity index (χ3n) is 6.02. The number of carbonyl (C=O) groups excluding carboxylic acids is 1. The second-order valence-corrected chi connectivity index (χ2v) is 8.58. The third-order valence-corrected chi connectivity index (χ3v) is 6.02. The molecule has 3 rings (SSSR count). The zero-order chi connectivity index (χ0) is 19.9. The van der Waals surface area contributed by atoms with Crippen molar-refractivity contribution in [3.63, 3.8) is 0 Å². The lowest BCUT2D eigenvalue weighted by Crippen LogP contribution is -2.37. The molecule has 2 fully saturated rings. The van der Waals surface area contributed by atoms with Crippen LogP contribution in [0.2, 0.25) is 0 Å². The summed E-state index contributed by atoms with van der Waals surface area (Å²) in [7, 11) is 0. The molecule has 1 N–H and O–H groups in total. The minimum absolute atomic E-state index is 0.0574. The standard InChI is InChI=1S/C22H35N3O3/c1-16(2)19-6-4-17(3)12-20(19)28-15-22(26)24-14-18-5-7-21(23-13-18)25-8-10-27-11-9-25/h5,7,13,16-17,19-20H,4,6,8-12,14-15H2,1-3H3,(H,24,26). The minimum Gasteiger partial charge on any atom is -0.378 e. The molecule has 2 heterocycles. The van der Waals surface area contributed by atoms with Gasteiger partial charge < -0.3 is 19.7 Å². The van der Waals surface area contributed by atoms with Crippen LogP contribution >= 0.6 is 0 Å². The number of morpholine rings is 1. The van der Waals surface area contributed by atoms with Crippen molar-refractivity contribution < 1.29 is 14.3 Å². The van der Waals surface area contributed by atoms with Crippen molar-refractivity contribution in [2.45, 2.75) is 52.7 Å². The van der Waals surface area contributed by atoms with E-state index in [0.717, 1.165) is 44.1 Å². The maximum atomic E-state index is 12.3. The lowest BCUT2D eigenvalue weighted by atomic mass is 9.75. The first-order valence-electron chi connectivity index (χ1n) is 10.7. The maximum absolute atomic E-state index is 12.3. The Balaban J connectivity index is 1.42. The second-order valence-electron chi connectivity index (χ2n) is 8.58. The number of amides is 1. The number of nitrogens with one attached hydrogen (secondary N) is 1. The predicted molar refractivity (Wildman–Crippen MR) is 110 cm³/mol. The number of carbonyl (C=O) groups is 1. The van der Waals surface area contributed by atoms with Crippen LogP contribution in [0.25, 0.3) is 0 Å². The number of hydrogen-bond donors (Lipinski definition) is 1. The summed E-state index contributed by atoms with van der Waals surface area (Å²) in [6, 6.07) is 4.04. The number of pyridine rings is 1. The van der Waals surface area contributed by atoms with E-state index < -0.39 is 0 Å². The van der Waals surface area contributed by atoms with E-state index in [1.807, 2.05) is 18.3 Å². The highest BCUT2D eigenvalue weighted by atomic mass is 16.5. The molecule has 1 aromatic rings. The van der Waals surface area contributed by atoms with Crippen LogP contribution in [0.4, 0.5) is 5.82 Å². The van der Waals surface area contributed by atoms with Crippen LogP contribution in [0.1, 0.15) is 45.6 Å². The van der Waals surface area contributed by atoms with Gasteiger partial charge in [-0.1, -0.05) is 33.3 Å². The van der Waals surface area contributed by atoms with Crippen molar-refractivity contribution in [3.8, 4) is 0 Å². The van der Waals surface area contributed by atoms with Crippen LogP contribution in [0, 0.1) is 17.8 Å². The molecule has 0 spiro atoms. The van der Waals surface area contributed by atoms with Gasteiger partial charge in [-0.2, -0.15) is 0 Å². The number of rotatable bonds is 7. The molecule has 1 amide bonds. The summed E-state index contributed by atoms with van der Waals surface area (Å²) in [5, 5.41) is 2.96. The molecule has 0 radical (unpaired) electrons. The molecule has 3 atom stereocenters. The molecule has 1 aliphatic carbocycles. The molecule has 2 aliphatic rings. The van der Waals surface area contributed by atoms with Gasteiger partial charge in [0.25, 0.3) is 0 Å². The van der Waals surface area contributed by atoms with E-state index in [9.17, 15) is 4.79 Å². The Bertz CT molecular complexity index is 614. The normalized spacial score (nSPS) is 25.7. The highest BCUT2D eigenvalue weighted by Gasteiger charge is 2.31. The topological polar surface area (TPSA) is 63.7 Å². The predicted octanol–water partition coefficient (Wildman–Crippen LogP) is 3.01. The molecule has 1 aromatic heterocycles. The molecule has 1 saturated carbocycles. The zero-order valence-corrected chi connectivity index (χ0v) is 17.5. The van der Waals surface area contributed by atoms with Gasteiger partial charge >= 0.3 is 0 Å². The molecule has 6 heteroatoms. The molecule has 28 heavy (non-hydrogen) atoms. The van der Waals surface area contributed by atoms with Crippen LogP contribution in [-0.4, -0.2) is 49.9 Å². The Morgan fingerprint density at radius 2 is 2.11 bits per heavy atom. The van der Waals surface area contributed by atoms with Gasteiger partial charge in [0.2, 0.25) is 5.91 Å². The first-order valence-corrected chi connectivity index (χ1v) is 10.7. The van der Waals surface area contributed by atoms with Gasteiger partial charge in [0.1, 0.15) is 12.4 Å². The lowest BCUT2D eigenvalue weighted by Gasteiger charge is -2.37. The Morgan fingerprint density at radius 3 is 2.79 bits per heavy atom. The van der Waals surface area contributed by atoms with Crippen LogP contribution in [-0.2, 0) is 20.8 Å². The second kappa shape index (κ2) is 10.2. The third kappa shape index (κ3) is 5.92. The van der Waals surface area contributed by atoms with Crippen molar-refractivity contribution in [2.24, 2.45) is 17.8 Å². The smallest absolute Gasteiger partial charge is 0.246 e. The van der Waals surface area contributed by atoms with Gasteiger partial charge in [-0.3, -0.25) is 4.79 Å². The number of ether oxygens (including phenoxy) is 2. The first kappa shape index (κ1) is 21.1. The summed E-state index contributed by atoms with van der Waals surface area (Å²) in [4.78, 5) is 19.0. The van der Waals surface area contributed by atoms with Crippen LogP contribution < -0.4 is 10.2 Å². The van der Waals surface area contributed by atoms with Gasteiger partial charge in [-0.25, -0.2) is 4.98 Å². The Labute approximate surface area is 169 Å². The summed E-state index contributed by atoms with van der Waals surface area (Å²) in [6.07, 6.45) is 5.56. The average Bonchev–Trinajstić information content (AvgIpc) is 2.71. The van der Waals surface area contributed by atoms with Gasteiger partial charge in [-0.15, -0.1) is 0 Å². The number of hydrogen-bond acceptors (Lipinski definition) is 5.